The summed E-state index contributed by atoms with van der Waals surface area (Å²) in [6.45, 7) is 2.02. The van der Waals surface area contributed by atoms with Crippen LogP contribution in [0, 0.1) is 10.1 Å². The maximum atomic E-state index is 10.7. The summed E-state index contributed by atoms with van der Waals surface area (Å²) < 4.78 is 0. The first-order valence-electron chi connectivity index (χ1n) is 8.56. The Kier molecular flexibility index (Phi) is 5.33. The first kappa shape index (κ1) is 19.1. The summed E-state index contributed by atoms with van der Waals surface area (Å²) in [6, 6.07) is 5.46. The van der Waals surface area contributed by atoms with E-state index in [0.717, 1.165) is 61.7 Å². The van der Waals surface area contributed by atoms with Gasteiger partial charge >= 0.3 is 0 Å². The van der Waals surface area contributed by atoms with E-state index in [0.29, 0.717) is 5.69 Å². The third-order valence-corrected chi connectivity index (χ3v) is 4.91. The first-order chi connectivity index (χ1) is 12.5. The van der Waals surface area contributed by atoms with Crippen LogP contribution >= 0.6 is 0 Å². The fraction of sp³-hybridized carbons (Fsp3) is 0.333. The van der Waals surface area contributed by atoms with Gasteiger partial charge in [0, 0.05) is 47.2 Å². The van der Waals surface area contributed by atoms with E-state index in [4.69, 9.17) is 0 Å². The Labute approximate surface area is 165 Å². The summed E-state index contributed by atoms with van der Waals surface area (Å²) in [5.74, 6) is -0.201. The number of nitro benzene ring substituents is 1. The molecule has 27 heavy (non-hydrogen) atoms. The largest absolute Gasteiger partial charge is 0.505 e. The number of phenols is 2. The van der Waals surface area contributed by atoms with E-state index < -0.39 is 4.92 Å². The van der Waals surface area contributed by atoms with Crippen molar-refractivity contribution < 1.29 is 31.9 Å². The van der Waals surface area contributed by atoms with E-state index in [1.165, 1.54) is 12.1 Å². The zero-order chi connectivity index (χ0) is 18.3. The molecular weight excluding hydrogens is 395 g/mol. The Bertz CT molecular complexity index is 930. The third kappa shape index (κ3) is 3.47. The minimum atomic E-state index is -0.591. The predicted molar refractivity (Wildman–Crippen MR) is 95.9 cm³/mol. The number of nitrogens with zero attached hydrogens (tertiary/aromatic N) is 4. The molecule has 0 atom stereocenters. The van der Waals surface area contributed by atoms with Crippen molar-refractivity contribution >= 4 is 22.7 Å². The maximum absolute atomic E-state index is 10.7. The van der Waals surface area contributed by atoms with Gasteiger partial charge in [-0.05, 0) is 43.4 Å². The monoisotopic (exact) mass is 413 g/mol. The number of anilines is 1. The van der Waals surface area contributed by atoms with Gasteiger partial charge in [0.1, 0.15) is 22.9 Å². The van der Waals surface area contributed by atoms with Gasteiger partial charge in [-0.15, -0.1) is 10.2 Å². The molecule has 143 valence electrons. The molecule has 0 bridgehead atoms. The number of aromatic hydroxyl groups is 2. The van der Waals surface area contributed by atoms with Gasteiger partial charge in [0.05, 0.1) is 11.0 Å². The summed E-state index contributed by atoms with van der Waals surface area (Å²) in [5.41, 5.74) is 3.46. The van der Waals surface area contributed by atoms with Gasteiger partial charge < -0.3 is 15.1 Å². The Morgan fingerprint density at radius 3 is 2.44 bits per heavy atom. The summed E-state index contributed by atoms with van der Waals surface area (Å²) in [5, 5.41) is 39.3. The molecule has 8 nitrogen and oxygen atoms in total. The normalized spacial score (nSPS) is 15.3. The molecule has 9 heteroatoms. The van der Waals surface area contributed by atoms with Crippen LogP contribution in [0.2, 0.25) is 0 Å². The standard InChI is InChI=1S/C18H18N4O4.Co/c23-16-10-12(22(25)26)5-6-14(16)19-20-15-9-11-3-1-7-21-8-2-4-13(17(11)21)18(15)24;/h5-6,9-10,23-24H,1-4,7-8H2;. The SMILES string of the molecule is O=[N+]([O-])c1ccc(N=Nc2cc3c4c(c2O)CCCN4CCC3)c(O)c1.[Co]. The molecule has 2 aromatic rings. The van der Waals surface area contributed by atoms with Gasteiger partial charge in [-0.25, -0.2) is 0 Å². The molecule has 2 N–H and O–H groups in total. The molecule has 0 unspecified atom stereocenters. The quantitative estimate of drug-likeness (QED) is 0.447. The number of nitro groups is 1. The van der Waals surface area contributed by atoms with Crippen LogP contribution < -0.4 is 4.90 Å². The number of phenolic OH excluding ortho intramolecular Hbond substituents is 2. The minimum Gasteiger partial charge on any atom is -0.505 e. The fourth-order valence-electron chi connectivity index (χ4n) is 3.72. The average molecular weight is 413 g/mol. The topological polar surface area (TPSA) is 112 Å². The maximum Gasteiger partial charge on any atom is 0.273 e. The predicted octanol–water partition coefficient (Wildman–Crippen LogP) is 4.12. The average Bonchev–Trinajstić information content (AvgIpc) is 2.64. The van der Waals surface area contributed by atoms with Crippen molar-refractivity contribution in [3.8, 4) is 11.5 Å². The van der Waals surface area contributed by atoms with Gasteiger partial charge in [0.2, 0.25) is 0 Å². The zero-order valence-electron chi connectivity index (χ0n) is 14.4. The van der Waals surface area contributed by atoms with Crippen LogP contribution in [0.4, 0.5) is 22.7 Å². The summed E-state index contributed by atoms with van der Waals surface area (Å²) in [4.78, 5) is 12.5. The van der Waals surface area contributed by atoms with Crippen LogP contribution in [0.5, 0.6) is 11.5 Å². The Morgan fingerprint density at radius 2 is 1.74 bits per heavy atom. The molecule has 0 fully saturated rings. The smallest absolute Gasteiger partial charge is 0.273 e. The minimum absolute atomic E-state index is 0. The molecule has 0 aromatic heterocycles. The van der Waals surface area contributed by atoms with Crippen molar-refractivity contribution in [3.63, 3.8) is 0 Å². The number of hydrogen-bond donors (Lipinski definition) is 2. The second kappa shape index (κ2) is 7.53. The number of hydrogen-bond acceptors (Lipinski definition) is 7. The molecule has 1 radical (unpaired) electrons. The molecule has 0 aliphatic carbocycles. The molecule has 2 aliphatic heterocycles. The van der Waals surface area contributed by atoms with Crippen LogP contribution in [0.15, 0.2) is 34.5 Å². The molecule has 2 heterocycles. The van der Waals surface area contributed by atoms with Gasteiger partial charge in [-0.2, -0.15) is 0 Å². The van der Waals surface area contributed by atoms with E-state index in [9.17, 15) is 20.3 Å². The van der Waals surface area contributed by atoms with Gasteiger partial charge in [-0.1, -0.05) is 0 Å². The van der Waals surface area contributed by atoms with E-state index in [2.05, 4.69) is 15.1 Å². The van der Waals surface area contributed by atoms with E-state index in [-0.39, 0.29) is 39.7 Å². The Balaban J connectivity index is 0.00000210. The molecular formula is C18H18CoN4O4. The van der Waals surface area contributed by atoms with E-state index in [1.54, 1.807) is 0 Å². The molecule has 0 saturated carbocycles. The van der Waals surface area contributed by atoms with Crippen LogP contribution in [-0.4, -0.2) is 28.2 Å². The summed E-state index contributed by atoms with van der Waals surface area (Å²) >= 11 is 0. The third-order valence-electron chi connectivity index (χ3n) is 4.91. The summed E-state index contributed by atoms with van der Waals surface area (Å²) in [7, 11) is 0. The second-order valence-corrected chi connectivity index (χ2v) is 6.55. The molecule has 2 aliphatic rings. The number of benzene rings is 2. The second-order valence-electron chi connectivity index (χ2n) is 6.55. The van der Waals surface area contributed by atoms with Crippen LogP contribution in [0.25, 0.3) is 0 Å². The molecule has 2 aromatic carbocycles. The van der Waals surface area contributed by atoms with Crippen LogP contribution in [-0.2, 0) is 29.6 Å². The van der Waals surface area contributed by atoms with Crippen molar-refractivity contribution in [2.24, 2.45) is 10.2 Å². The van der Waals surface area contributed by atoms with Gasteiger partial charge in [0.25, 0.3) is 5.69 Å². The Morgan fingerprint density at radius 1 is 1.04 bits per heavy atom. The van der Waals surface area contributed by atoms with Crippen molar-refractivity contribution in [2.75, 3.05) is 18.0 Å². The van der Waals surface area contributed by atoms with Crippen molar-refractivity contribution in [3.05, 3.63) is 45.5 Å². The van der Waals surface area contributed by atoms with Crippen LogP contribution in [0.1, 0.15) is 24.0 Å². The zero-order valence-corrected chi connectivity index (χ0v) is 15.4. The number of aryl methyl sites for hydroxylation is 1. The number of non-ortho nitro benzene ring substituents is 1. The molecule has 0 spiro atoms. The number of azo groups is 1. The Hall–Kier alpha value is -2.65. The van der Waals surface area contributed by atoms with Crippen molar-refractivity contribution in [1.82, 2.24) is 0 Å². The van der Waals surface area contributed by atoms with Crippen LogP contribution in [0.3, 0.4) is 0 Å². The number of rotatable bonds is 3. The first-order valence-corrected chi connectivity index (χ1v) is 8.56. The van der Waals surface area contributed by atoms with E-state index in [1.807, 2.05) is 6.07 Å². The fourth-order valence-corrected chi connectivity index (χ4v) is 3.72. The van der Waals surface area contributed by atoms with Crippen molar-refractivity contribution in [1.29, 1.82) is 0 Å². The molecule has 0 amide bonds. The molecule has 4 rings (SSSR count). The van der Waals surface area contributed by atoms with Crippen molar-refractivity contribution in [2.45, 2.75) is 25.7 Å². The van der Waals surface area contributed by atoms with Gasteiger partial charge in [0.15, 0.2) is 0 Å². The van der Waals surface area contributed by atoms with E-state index >= 15 is 0 Å². The van der Waals surface area contributed by atoms with Gasteiger partial charge in [-0.3, -0.25) is 10.1 Å². The molecule has 0 saturated heterocycles. The summed E-state index contributed by atoms with van der Waals surface area (Å²) in [6.07, 6.45) is 3.79.